The highest BCUT2D eigenvalue weighted by atomic mass is 79.9. The zero-order valence-electron chi connectivity index (χ0n) is 14.5. The summed E-state index contributed by atoms with van der Waals surface area (Å²) in [6, 6.07) is 4.16. The number of hydrogen-bond acceptors (Lipinski definition) is 5. The molecule has 1 aliphatic heterocycles. The van der Waals surface area contributed by atoms with E-state index in [0.717, 1.165) is 36.0 Å². The third kappa shape index (κ3) is 5.05. The Hall–Kier alpha value is -0.440. The van der Waals surface area contributed by atoms with Crippen LogP contribution in [0.25, 0.3) is 0 Å². The van der Waals surface area contributed by atoms with E-state index in [2.05, 4.69) is 22.0 Å². The Balaban J connectivity index is 1.66. The highest BCUT2D eigenvalue weighted by molar-refractivity contribution is 9.11. The molecule has 0 aromatic carbocycles. The van der Waals surface area contributed by atoms with Gasteiger partial charge in [-0.2, -0.15) is 0 Å². The average Bonchev–Trinajstić information content (AvgIpc) is 3.23. The molecule has 1 atom stereocenters. The minimum Gasteiger partial charge on any atom is -0.335 e. The van der Waals surface area contributed by atoms with Crippen molar-refractivity contribution in [3.05, 3.63) is 20.8 Å². The molecule has 2 heterocycles. The van der Waals surface area contributed by atoms with Crippen molar-refractivity contribution >= 4 is 43.0 Å². The van der Waals surface area contributed by atoms with E-state index in [1.807, 2.05) is 22.9 Å². The lowest BCUT2D eigenvalue weighted by atomic mass is 10.1. The van der Waals surface area contributed by atoms with Crippen molar-refractivity contribution in [2.45, 2.75) is 50.7 Å². The van der Waals surface area contributed by atoms with Gasteiger partial charge in [0, 0.05) is 23.5 Å². The molecule has 8 heteroatoms. The molecule has 1 saturated heterocycles. The summed E-state index contributed by atoms with van der Waals surface area (Å²) in [5, 5.41) is 0. The molecule has 0 radical (unpaired) electrons. The van der Waals surface area contributed by atoms with Gasteiger partial charge >= 0.3 is 0 Å². The predicted octanol–water partition coefficient (Wildman–Crippen LogP) is 2.90. The van der Waals surface area contributed by atoms with Gasteiger partial charge in [-0.05, 0) is 54.4 Å². The fraction of sp³-hybridized carbons (Fsp3) is 0.706. The molecule has 1 saturated carbocycles. The maximum absolute atomic E-state index is 13.0. The zero-order chi connectivity index (χ0) is 18.0. The van der Waals surface area contributed by atoms with Crippen molar-refractivity contribution in [1.82, 2.24) is 9.80 Å². The fourth-order valence-corrected chi connectivity index (χ4v) is 7.23. The van der Waals surface area contributed by atoms with E-state index in [0.29, 0.717) is 13.0 Å². The van der Waals surface area contributed by atoms with Gasteiger partial charge in [0.1, 0.15) is 0 Å². The topological polar surface area (TPSA) is 57.7 Å². The van der Waals surface area contributed by atoms with Crippen molar-refractivity contribution in [1.29, 1.82) is 0 Å². The monoisotopic (exact) mass is 448 g/mol. The lowest BCUT2D eigenvalue weighted by Gasteiger charge is -2.35. The Morgan fingerprint density at radius 2 is 1.96 bits per heavy atom. The second-order valence-corrected chi connectivity index (χ2v) is 12.0. The van der Waals surface area contributed by atoms with E-state index in [4.69, 9.17) is 0 Å². The molecule has 0 spiro atoms. The van der Waals surface area contributed by atoms with Gasteiger partial charge in [-0.1, -0.05) is 12.8 Å². The first-order chi connectivity index (χ1) is 11.8. The molecular formula is C17H25BrN2O3S2. The highest BCUT2D eigenvalue weighted by Crippen LogP contribution is 2.29. The molecule has 5 nitrogen and oxygen atoms in total. The number of sulfone groups is 1. The van der Waals surface area contributed by atoms with Gasteiger partial charge in [-0.3, -0.25) is 9.69 Å². The van der Waals surface area contributed by atoms with Gasteiger partial charge in [-0.15, -0.1) is 11.3 Å². The summed E-state index contributed by atoms with van der Waals surface area (Å²) in [6.45, 7) is 1.06. The molecule has 1 aromatic rings. The number of amides is 1. The van der Waals surface area contributed by atoms with Gasteiger partial charge in [-0.25, -0.2) is 8.42 Å². The van der Waals surface area contributed by atoms with Crippen LogP contribution in [-0.4, -0.2) is 61.3 Å². The first-order valence-corrected chi connectivity index (χ1v) is 12.2. The predicted molar refractivity (Wildman–Crippen MR) is 105 cm³/mol. The molecule has 1 unspecified atom stereocenters. The summed E-state index contributed by atoms with van der Waals surface area (Å²) in [5.74, 6) is 0.427. The van der Waals surface area contributed by atoms with Crippen molar-refractivity contribution < 1.29 is 13.2 Å². The molecule has 1 aromatic heterocycles. The summed E-state index contributed by atoms with van der Waals surface area (Å²) in [6.07, 6.45) is 4.86. The van der Waals surface area contributed by atoms with Crippen LogP contribution in [0, 0.1) is 0 Å². The molecule has 0 bridgehead atoms. The maximum Gasteiger partial charge on any atom is 0.237 e. The fourth-order valence-electron chi connectivity index (χ4n) is 3.95. The van der Waals surface area contributed by atoms with Crippen LogP contribution in [-0.2, 0) is 21.2 Å². The normalized spacial score (nSPS) is 23.4. The van der Waals surface area contributed by atoms with Gasteiger partial charge in [0.15, 0.2) is 9.84 Å². The Kier molecular flexibility index (Phi) is 6.23. The summed E-state index contributed by atoms with van der Waals surface area (Å²) >= 11 is 5.14. The van der Waals surface area contributed by atoms with E-state index in [1.54, 1.807) is 11.3 Å². The number of carbonyl (C=O) groups is 1. The Morgan fingerprint density at radius 1 is 1.24 bits per heavy atom. The minimum absolute atomic E-state index is 0.0760. The lowest BCUT2D eigenvalue weighted by Crippen LogP contribution is -2.50. The minimum atomic E-state index is -2.99. The number of nitrogens with zero attached hydrogens (tertiary/aromatic N) is 2. The molecule has 2 fully saturated rings. The Morgan fingerprint density at radius 3 is 2.52 bits per heavy atom. The van der Waals surface area contributed by atoms with Gasteiger partial charge in [0.25, 0.3) is 0 Å². The summed E-state index contributed by atoms with van der Waals surface area (Å²) in [4.78, 5) is 18.2. The van der Waals surface area contributed by atoms with Crippen LogP contribution in [0.2, 0.25) is 0 Å². The average molecular weight is 449 g/mol. The quantitative estimate of drug-likeness (QED) is 0.670. The first-order valence-electron chi connectivity index (χ1n) is 8.78. The molecule has 0 N–H and O–H groups in total. The van der Waals surface area contributed by atoms with Gasteiger partial charge < -0.3 is 4.90 Å². The second kappa shape index (κ2) is 8.06. The molecule has 1 amide bonds. The van der Waals surface area contributed by atoms with E-state index in [-0.39, 0.29) is 29.5 Å². The van der Waals surface area contributed by atoms with E-state index in [9.17, 15) is 13.2 Å². The summed E-state index contributed by atoms with van der Waals surface area (Å²) in [7, 11) is -1.04. The van der Waals surface area contributed by atoms with E-state index in [1.165, 1.54) is 4.88 Å². The van der Waals surface area contributed by atoms with Crippen LogP contribution < -0.4 is 0 Å². The van der Waals surface area contributed by atoms with Gasteiger partial charge in [0.2, 0.25) is 5.91 Å². The van der Waals surface area contributed by atoms with Crippen molar-refractivity contribution in [2.75, 3.05) is 25.1 Å². The van der Waals surface area contributed by atoms with E-state index < -0.39 is 9.84 Å². The number of halogens is 1. The SMILES string of the molecule is CN(CC(=O)N(C1CCCC1)C1CCS(=O)(=O)C1)Cc1ccc(Br)s1. The lowest BCUT2D eigenvalue weighted by molar-refractivity contribution is -0.136. The number of thiophene rings is 1. The van der Waals surface area contributed by atoms with Crippen molar-refractivity contribution in [3.8, 4) is 0 Å². The van der Waals surface area contributed by atoms with Crippen molar-refractivity contribution in [3.63, 3.8) is 0 Å². The van der Waals surface area contributed by atoms with Crippen LogP contribution in [0.15, 0.2) is 15.9 Å². The first kappa shape index (κ1) is 19.3. The van der Waals surface area contributed by atoms with Crippen LogP contribution in [0.1, 0.15) is 37.0 Å². The molecule has 140 valence electrons. The standard InChI is InChI=1S/C17H25BrN2O3S2/c1-19(10-15-6-7-16(18)24-15)11-17(21)20(13-4-2-3-5-13)14-8-9-25(22,23)12-14/h6-7,13-14H,2-5,8-12H2,1H3. The summed E-state index contributed by atoms with van der Waals surface area (Å²) < 4.78 is 24.9. The maximum atomic E-state index is 13.0. The molecule has 25 heavy (non-hydrogen) atoms. The number of likely N-dealkylation sites (N-methyl/N-ethyl adjacent to an activating group) is 1. The second-order valence-electron chi connectivity index (χ2n) is 7.17. The van der Waals surface area contributed by atoms with E-state index >= 15 is 0 Å². The smallest absolute Gasteiger partial charge is 0.237 e. The molecule has 3 rings (SSSR count). The number of hydrogen-bond donors (Lipinski definition) is 0. The molecular weight excluding hydrogens is 424 g/mol. The van der Waals surface area contributed by atoms with Crippen LogP contribution in [0.4, 0.5) is 0 Å². The van der Waals surface area contributed by atoms with Crippen molar-refractivity contribution in [2.24, 2.45) is 0 Å². The third-order valence-electron chi connectivity index (χ3n) is 5.07. The van der Waals surface area contributed by atoms with Crippen LogP contribution >= 0.6 is 27.3 Å². The van der Waals surface area contributed by atoms with Crippen LogP contribution in [0.5, 0.6) is 0 Å². The largest absolute Gasteiger partial charge is 0.335 e. The number of rotatable bonds is 6. The van der Waals surface area contributed by atoms with Gasteiger partial charge in [0.05, 0.1) is 21.8 Å². The highest BCUT2D eigenvalue weighted by Gasteiger charge is 2.39. The summed E-state index contributed by atoms with van der Waals surface area (Å²) in [5.41, 5.74) is 0. The third-order valence-corrected chi connectivity index (χ3v) is 8.43. The Labute approximate surface area is 162 Å². The molecule has 1 aliphatic carbocycles. The molecule has 2 aliphatic rings. The van der Waals surface area contributed by atoms with Crippen LogP contribution in [0.3, 0.4) is 0 Å². The number of carbonyl (C=O) groups excluding carboxylic acids is 1. The Bertz CT molecular complexity index is 713. The zero-order valence-corrected chi connectivity index (χ0v) is 17.7.